The Morgan fingerprint density at radius 2 is 1.81 bits per heavy atom. The summed E-state index contributed by atoms with van der Waals surface area (Å²) in [5.74, 6) is -0.738. The molecule has 2 heterocycles. The molecule has 27 heavy (non-hydrogen) atoms. The first-order chi connectivity index (χ1) is 12.6. The van der Waals surface area contributed by atoms with Crippen molar-refractivity contribution in [2.45, 2.75) is 41.0 Å². The van der Waals surface area contributed by atoms with Crippen LogP contribution in [0.2, 0.25) is 0 Å². The number of carbonyl (C=O) groups is 2. The van der Waals surface area contributed by atoms with Crippen molar-refractivity contribution in [1.29, 1.82) is 0 Å². The summed E-state index contributed by atoms with van der Waals surface area (Å²) in [5, 5.41) is 9.38. The predicted octanol–water partition coefficient (Wildman–Crippen LogP) is 3.69. The van der Waals surface area contributed by atoms with Gasteiger partial charge in [0.25, 0.3) is 0 Å². The molecule has 0 radical (unpaired) electrons. The van der Waals surface area contributed by atoms with Crippen LogP contribution in [0.15, 0.2) is 24.3 Å². The van der Waals surface area contributed by atoms with Gasteiger partial charge in [-0.1, -0.05) is 6.07 Å². The summed E-state index contributed by atoms with van der Waals surface area (Å²) in [4.78, 5) is 26.3. The Hall–Kier alpha value is -2.40. The number of carbonyl (C=O) groups excluding carboxylic acids is 1. The molecule has 5 nitrogen and oxygen atoms in total. The number of carboxylic acid groups (broad SMARTS) is 1. The number of hydrogen-bond acceptors (Lipinski definition) is 3. The number of carboxylic acids is 1. The van der Waals surface area contributed by atoms with Crippen molar-refractivity contribution in [2.75, 3.05) is 19.6 Å². The van der Waals surface area contributed by atoms with Gasteiger partial charge in [-0.25, -0.2) is 0 Å². The summed E-state index contributed by atoms with van der Waals surface area (Å²) in [6, 6.07) is 8.26. The van der Waals surface area contributed by atoms with Crippen LogP contribution >= 0.6 is 0 Å². The largest absolute Gasteiger partial charge is 0.481 e. The maximum Gasteiger partial charge on any atom is 0.310 e. The van der Waals surface area contributed by atoms with Crippen LogP contribution in [0.25, 0.3) is 5.69 Å². The lowest BCUT2D eigenvalue weighted by Gasteiger charge is -2.19. The summed E-state index contributed by atoms with van der Waals surface area (Å²) in [6.45, 7) is 11.2. The Morgan fingerprint density at radius 3 is 2.41 bits per heavy atom. The van der Waals surface area contributed by atoms with Crippen LogP contribution in [0.3, 0.4) is 0 Å². The number of rotatable bonds is 5. The van der Waals surface area contributed by atoms with Crippen molar-refractivity contribution >= 4 is 11.8 Å². The van der Waals surface area contributed by atoms with E-state index in [1.165, 1.54) is 11.1 Å². The van der Waals surface area contributed by atoms with Gasteiger partial charge >= 0.3 is 5.97 Å². The van der Waals surface area contributed by atoms with Crippen molar-refractivity contribution in [2.24, 2.45) is 5.41 Å². The van der Waals surface area contributed by atoms with Crippen LogP contribution in [0.4, 0.5) is 0 Å². The number of Topliss-reactive ketones (excluding diaryl/α,β-unsaturated/α-hetero) is 1. The number of hydrogen-bond donors (Lipinski definition) is 1. The quantitative estimate of drug-likeness (QED) is 0.818. The molecule has 2 aromatic rings. The fourth-order valence-electron chi connectivity index (χ4n) is 3.96. The molecule has 1 atom stereocenters. The molecule has 0 bridgehead atoms. The molecule has 1 N–H and O–H groups in total. The zero-order valence-corrected chi connectivity index (χ0v) is 16.8. The number of aryl methyl sites for hydroxylation is 3. The lowest BCUT2D eigenvalue weighted by molar-refractivity contribution is -0.147. The van der Waals surface area contributed by atoms with Crippen molar-refractivity contribution in [3.05, 3.63) is 52.3 Å². The van der Waals surface area contributed by atoms with Gasteiger partial charge in [0, 0.05) is 29.2 Å². The summed E-state index contributed by atoms with van der Waals surface area (Å²) in [5.41, 5.74) is 5.44. The molecule has 0 amide bonds. The maximum absolute atomic E-state index is 12.9. The van der Waals surface area contributed by atoms with E-state index >= 15 is 0 Å². The molecule has 0 aliphatic carbocycles. The predicted molar refractivity (Wildman–Crippen MR) is 106 cm³/mol. The minimum Gasteiger partial charge on any atom is -0.481 e. The van der Waals surface area contributed by atoms with E-state index < -0.39 is 11.4 Å². The van der Waals surface area contributed by atoms with E-state index in [1.54, 1.807) is 6.92 Å². The second kappa shape index (κ2) is 6.97. The van der Waals surface area contributed by atoms with Gasteiger partial charge in [0.05, 0.1) is 12.0 Å². The van der Waals surface area contributed by atoms with Crippen LogP contribution in [-0.2, 0) is 4.79 Å². The minimum atomic E-state index is -0.787. The lowest BCUT2D eigenvalue weighted by Crippen LogP contribution is -2.34. The van der Waals surface area contributed by atoms with E-state index in [4.69, 9.17) is 0 Å². The molecule has 0 saturated carbocycles. The highest BCUT2D eigenvalue weighted by atomic mass is 16.4. The molecule has 1 aliphatic rings. The fraction of sp³-hybridized carbons (Fsp3) is 0.455. The van der Waals surface area contributed by atoms with E-state index in [1.807, 2.05) is 24.8 Å². The third-order valence-electron chi connectivity index (χ3n) is 5.92. The number of likely N-dealkylation sites (tertiary alicyclic amines) is 1. The number of ketones is 1. The Labute approximate surface area is 160 Å². The standard InChI is InChI=1S/C22H28N2O3/c1-14-6-7-18(10-15(14)2)24-16(3)11-19(17(24)4)20(25)12-23-9-8-22(5,13-23)21(26)27/h6-7,10-11H,8-9,12-13H2,1-5H3,(H,26,27). The van der Waals surface area contributed by atoms with Crippen LogP contribution in [-0.4, -0.2) is 46.0 Å². The summed E-state index contributed by atoms with van der Waals surface area (Å²) in [7, 11) is 0. The maximum atomic E-state index is 12.9. The average molecular weight is 368 g/mol. The topological polar surface area (TPSA) is 62.5 Å². The molecule has 3 rings (SSSR count). The molecule has 1 aromatic carbocycles. The molecule has 0 spiro atoms. The molecule has 144 valence electrons. The Bertz CT molecular complexity index is 913. The van der Waals surface area contributed by atoms with E-state index in [2.05, 4.69) is 36.6 Å². The van der Waals surface area contributed by atoms with Crippen LogP contribution in [0.5, 0.6) is 0 Å². The Balaban J connectivity index is 1.83. The highest BCUT2D eigenvalue weighted by Gasteiger charge is 2.40. The monoisotopic (exact) mass is 368 g/mol. The molecular weight excluding hydrogens is 340 g/mol. The average Bonchev–Trinajstić information content (AvgIpc) is 3.11. The Kier molecular flexibility index (Phi) is 5.00. The molecule has 1 saturated heterocycles. The first-order valence-corrected chi connectivity index (χ1v) is 9.38. The fourth-order valence-corrected chi connectivity index (χ4v) is 3.96. The molecule has 1 aromatic heterocycles. The van der Waals surface area contributed by atoms with Gasteiger partial charge in [0.15, 0.2) is 5.78 Å². The van der Waals surface area contributed by atoms with E-state index in [0.717, 1.165) is 22.6 Å². The van der Waals surface area contributed by atoms with Gasteiger partial charge in [-0.15, -0.1) is 0 Å². The summed E-state index contributed by atoms with van der Waals surface area (Å²) in [6.07, 6.45) is 0.581. The Morgan fingerprint density at radius 1 is 1.11 bits per heavy atom. The highest BCUT2D eigenvalue weighted by molar-refractivity contribution is 5.99. The number of aliphatic carboxylic acids is 1. The SMILES string of the molecule is Cc1ccc(-n2c(C)cc(C(=O)CN3CCC(C)(C(=O)O)C3)c2C)cc1C. The lowest BCUT2D eigenvalue weighted by atomic mass is 9.90. The third kappa shape index (κ3) is 3.56. The second-order valence-electron chi connectivity index (χ2n) is 8.14. The highest BCUT2D eigenvalue weighted by Crippen LogP contribution is 2.30. The molecule has 1 unspecified atom stereocenters. The van der Waals surface area contributed by atoms with Crippen molar-refractivity contribution in [3.8, 4) is 5.69 Å². The summed E-state index contributed by atoms with van der Waals surface area (Å²) < 4.78 is 2.12. The van der Waals surface area contributed by atoms with Gasteiger partial charge in [-0.2, -0.15) is 0 Å². The number of aromatic nitrogens is 1. The summed E-state index contributed by atoms with van der Waals surface area (Å²) >= 11 is 0. The number of benzene rings is 1. The molecular formula is C22H28N2O3. The minimum absolute atomic E-state index is 0.0489. The molecule has 1 aliphatic heterocycles. The third-order valence-corrected chi connectivity index (χ3v) is 5.92. The normalized spacial score (nSPS) is 20.2. The van der Waals surface area contributed by atoms with Crippen LogP contribution in [0.1, 0.15) is 46.2 Å². The van der Waals surface area contributed by atoms with Crippen molar-refractivity contribution < 1.29 is 14.7 Å². The van der Waals surface area contributed by atoms with E-state index in [9.17, 15) is 14.7 Å². The number of nitrogens with zero attached hydrogens (tertiary/aromatic N) is 2. The van der Waals surface area contributed by atoms with Gasteiger partial charge in [0.2, 0.25) is 0 Å². The van der Waals surface area contributed by atoms with Gasteiger partial charge in [-0.05, 0) is 76.9 Å². The zero-order valence-electron chi connectivity index (χ0n) is 16.8. The van der Waals surface area contributed by atoms with E-state index in [0.29, 0.717) is 19.5 Å². The van der Waals surface area contributed by atoms with Crippen molar-refractivity contribution in [3.63, 3.8) is 0 Å². The first-order valence-electron chi connectivity index (χ1n) is 9.38. The first kappa shape index (κ1) is 19.4. The van der Waals surface area contributed by atoms with Crippen LogP contribution in [0, 0.1) is 33.1 Å². The molecule has 5 heteroatoms. The van der Waals surface area contributed by atoms with Gasteiger partial charge in [0.1, 0.15) is 0 Å². The van der Waals surface area contributed by atoms with Gasteiger partial charge in [-0.3, -0.25) is 14.5 Å². The zero-order chi connectivity index (χ0) is 19.9. The van der Waals surface area contributed by atoms with Crippen molar-refractivity contribution in [1.82, 2.24) is 9.47 Å². The van der Waals surface area contributed by atoms with E-state index in [-0.39, 0.29) is 12.3 Å². The van der Waals surface area contributed by atoms with Crippen LogP contribution < -0.4 is 0 Å². The van der Waals surface area contributed by atoms with Gasteiger partial charge < -0.3 is 9.67 Å². The smallest absolute Gasteiger partial charge is 0.310 e. The molecule has 1 fully saturated rings. The second-order valence-corrected chi connectivity index (χ2v) is 8.14.